The van der Waals surface area contributed by atoms with E-state index in [4.69, 9.17) is 0 Å². The average molecular weight is 396 g/mol. The van der Waals surface area contributed by atoms with Crippen LogP contribution in [0.5, 0.6) is 0 Å². The number of hydrogen-bond acceptors (Lipinski definition) is 4. The highest BCUT2D eigenvalue weighted by atomic mass is 19.1. The Bertz CT molecular complexity index is 857. The number of aldehydes is 1. The van der Waals surface area contributed by atoms with E-state index < -0.39 is 0 Å². The van der Waals surface area contributed by atoms with Gasteiger partial charge < -0.3 is 15.0 Å². The Labute approximate surface area is 169 Å². The van der Waals surface area contributed by atoms with Gasteiger partial charge in [0.05, 0.1) is 5.92 Å². The molecule has 0 aliphatic carbocycles. The summed E-state index contributed by atoms with van der Waals surface area (Å²) in [5.74, 6) is -0.694. The molecule has 0 aromatic heterocycles. The maximum atomic E-state index is 13.1. The molecule has 2 aromatic rings. The van der Waals surface area contributed by atoms with E-state index in [1.165, 1.54) is 19.1 Å². The smallest absolute Gasteiger partial charge is 0.221 e. The number of rotatable bonds is 7. The molecule has 2 aromatic carbocycles. The number of Topliss-reactive ketones (excluding diaryl/α,β-unsaturated/α-hetero) is 1. The van der Waals surface area contributed by atoms with Gasteiger partial charge in [-0.15, -0.1) is 0 Å². The van der Waals surface area contributed by atoms with Crippen molar-refractivity contribution in [2.45, 2.75) is 25.7 Å². The van der Waals surface area contributed by atoms with Crippen LogP contribution in [0.2, 0.25) is 0 Å². The van der Waals surface area contributed by atoms with Crippen molar-refractivity contribution in [3.05, 3.63) is 65.5 Å². The Morgan fingerprint density at radius 3 is 2.28 bits per heavy atom. The molecule has 3 rings (SSSR count). The van der Waals surface area contributed by atoms with Crippen molar-refractivity contribution in [2.75, 3.05) is 25.0 Å². The fourth-order valence-electron chi connectivity index (χ4n) is 3.75. The summed E-state index contributed by atoms with van der Waals surface area (Å²) in [7, 11) is 0. The van der Waals surface area contributed by atoms with E-state index in [9.17, 15) is 18.8 Å². The molecule has 1 fully saturated rings. The molecule has 5 nitrogen and oxygen atoms in total. The van der Waals surface area contributed by atoms with Crippen molar-refractivity contribution in [1.29, 1.82) is 0 Å². The van der Waals surface area contributed by atoms with E-state index in [0.29, 0.717) is 17.8 Å². The lowest BCUT2D eigenvalue weighted by molar-refractivity contribution is -0.114. The zero-order valence-electron chi connectivity index (χ0n) is 16.4. The zero-order valence-corrected chi connectivity index (χ0v) is 16.4. The molecule has 1 N–H and O–H groups in total. The molecule has 152 valence electrons. The molecular weight excluding hydrogens is 371 g/mol. The fourth-order valence-corrected chi connectivity index (χ4v) is 3.75. The molecule has 1 amide bonds. The summed E-state index contributed by atoms with van der Waals surface area (Å²) in [5, 5.41) is 2.69. The summed E-state index contributed by atoms with van der Waals surface area (Å²) in [4.78, 5) is 37.6. The van der Waals surface area contributed by atoms with Crippen LogP contribution >= 0.6 is 0 Å². The van der Waals surface area contributed by atoms with E-state index in [-0.39, 0.29) is 29.3 Å². The zero-order chi connectivity index (χ0) is 20.8. The summed E-state index contributed by atoms with van der Waals surface area (Å²) < 4.78 is 13.1. The van der Waals surface area contributed by atoms with E-state index >= 15 is 0 Å². The number of hydrogen-bond donors (Lipinski definition) is 1. The van der Waals surface area contributed by atoms with Crippen molar-refractivity contribution < 1.29 is 18.8 Å². The number of carbonyl (C=O) groups excluding carboxylic acids is 3. The standard InChI is InChI=1S/C23H25FN2O3/c1-16(28)25-22-8-4-18(5-9-22)23(29)19-10-12-26(13-11-19)14-20(15-27)17-2-6-21(24)7-3-17/h2-9,15,19-20H,10-14H2,1H3,(H,25,28). The molecule has 1 aliphatic rings. The number of nitrogens with one attached hydrogen (secondary N) is 1. The topological polar surface area (TPSA) is 66.5 Å². The number of nitrogens with zero attached hydrogens (tertiary/aromatic N) is 1. The lowest BCUT2D eigenvalue weighted by Gasteiger charge is -2.32. The highest BCUT2D eigenvalue weighted by Gasteiger charge is 2.27. The van der Waals surface area contributed by atoms with Crippen molar-refractivity contribution in [3.8, 4) is 0 Å². The minimum absolute atomic E-state index is 0.0432. The van der Waals surface area contributed by atoms with Crippen LogP contribution in [0.3, 0.4) is 0 Å². The Morgan fingerprint density at radius 2 is 1.72 bits per heavy atom. The summed E-state index contributed by atoms with van der Waals surface area (Å²) in [6.07, 6.45) is 2.38. The highest BCUT2D eigenvalue weighted by molar-refractivity contribution is 5.98. The van der Waals surface area contributed by atoms with E-state index in [2.05, 4.69) is 10.2 Å². The van der Waals surface area contributed by atoms with Gasteiger partial charge in [0.1, 0.15) is 12.1 Å². The van der Waals surface area contributed by atoms with Crippen LogP contribution in [-0.2, 0) is 9.59 Å². The molecule has 6 heteroatoms. The summed E-state index contributed by atoms with van der Waals surface area (Å²) >= 11 is 0. The van der Waals surface area contributed by atoms with Crippen LogP contribution in [0.4, 0.5) is 10.1 Å². The van der Waals surface area contributed by atoms with Gasteiger partial charge in [0.15, 0.2) is 5.78 Å². The Hall–Kier alpha value is -2.86. The van der Waals surface area contributed by atoms with Crippen molar-refractivity contribution in [3.63, 3.8) is 0 Å². The lowest BCUT2D eigenvalue weighted by Crippen LogP contribution is -2.39. The Kier molecular flexibility index (Phi) is 6.88. The number of anilines is 1. The third kappa shape index (κ3) is 5.57. The second kappa shape index (κ2) is 9.56. The first-order chi connectivity index (χ1) is 14.0. The van der Waals surface area contributed by atoms with E-state index in [1.807, 2.05) is 0 Å². The molecule has 1 unspecified atom stereocenters. The minimum Gasteiger partial charge on any atom is -0.326 e. The summed E-state index contributed by atoms with van der Waals surface area (Å²) in [5.41, 5.74) is 2.12. The lowest BCUT2D eigenvalue weighted by atomic mass is 9.88. The number of benzene rings is 2. The predicted molar refractivity (Wildman–Crippen MR) is 109 cm³/mol. The van der Waals surface area contributed by atoms with E-state index in [0.717, 1.165) is 37.8 Å². The Balaban J connectivity index is 1.54. The number of ketones is 1. The number of likely N-dealkylation sites (tertiary alicyclic amines) is 1. The predicted octanol–water partition coefficient (Wildman–Crippen LogP) is 3.66. The molecule has 1 heterocycles. The third-order valence-corrected chi connectivity index (χ3v) is 5.37. The molecule has 0 saturated carbocycles. The maximum Gasteiger partial charge on any atom is 0.221 e. The number of halogens is 1. The highest BCUT2D eigenvalue weighted by Crippen LogP contribution is 2.25. The van der Waals surface area contributed by atoms with Gasteiger partial charge in [-0.1, -0.05) is 12.1 Å². The molecule has 29 heavy (non-hydrogen) atoms. The van der Waals surface area contributed by atoms with Gasteiger partial charge >= 0.3 is 0 Å². The largest absolute Gasteiger partial charge is 0.326 e. The molecule has 0 spiro atoms. The average Bonchev–Trinajstić information content (AvgIpc) is 2.73. The van der Waals surface area contributed by atoms with E-state index in [1.54, 1.807) is 36.4 Å². The SMILES string of the molecule is CC(=O)Nc1ccc(C(=O)C2CCN(CC(C=O)c3ccc(F)cc3)CC2)cc1. The molecule has 1 atom stereocenters. The van der Waals surface area contributed by atoms with Gasteiger partial charge in [-0.2, -0.15) is 0 Å². The fraction of sp³-hybridized carbons (Fsp3) is 0.348. The third-order valence-electron chi connectivity index (χ3n) is 5.37. The second-order valence-electron chi connectivity index (χ2n) is 7.49. The number of piperidine rings is 1. The van der Waals surface area contributed by atoms with Crippen LogP contribution in [0, 0.1) is 11.7 Å². The monoisotopic (exact) mass is 396 g/mol. The normalized spacial score (nSPS) is 16.2. The van der Waals surface area contributed by atoms with Crippen LogP contribution in [0.15, 0.2) is 48.5 Å². The Morgan fingerprint density at radius 1 is 1.10 bits per heavy atom. The molecule has 1 aliphatic heterocycles. The summed E-state index contributed by atoms with van der Waals surface area (Å²) in [6, 6.07) is 13.0. The van der Waals surface area contributed by atoms with Gasteiger partial charge in [0.2, 0.25) is 5.91 Å². The molecule has 0 bridgehead atoms. The minimum atomic E-state index is -0.317. The van der Waals surface area contributed by atoms with Gasteiger partial charge in [-0.3, -0.25) is 9.59 Å². The first kappa shape index (κ1) is 20.9. The molecule has 0 radical (unpaired) electrons. The molecular formula is C23H25FN2O3. The van der Waals surface area contributed by atoms with Crippen molar-refractivity contribution in [2.24, 2.45) is 5.92 Å². The maximum absolute atomic E-state index is 13.1. The number of amides is 1. The van der Waals surface area contributed by atoms with Crippen molar-refractivity contribution >= 4 is 23.7 Å². The van der Waals surface area contributed by atoms with Crippen LogP contribution in [0.25, 0.3) is 0 Å². The van der Waals surface area contributed by atoms with Gasteiger partial charge in [0, 0.05) is 30.6 Å². The van der Waals surface area contributed by atoms with Crippen LogP contribution in [-0.4, -0.2) is 42.5 Å². The van der Waals surface area contributed by atoms with Gasteiger partial charge in [0.25, 0.3) is 0 Å². The summed E-state index contributed by atoms with van der Waals surface area (Å²) in [6.45, 7) is 3.50. The van der Waals surface area contributed by atoms with Gasteiger partial charge in [-0.25, -0.2) is 4.39 Å². The second-order valence-corrected chi connectivity index (χ2v) is 7.49. The van der Waals surface area contributed by atoms with Crippen molar-refractivity contribution in [1.82, 2.24) is 4.90 Å². The number of carbonyl (C=O) groups is 3. The van der Waals surface area contributed by atoms with Crippen LogP contribution in [0.1, 0.15) is 41.6 Å². The first-order valence-corrected chi connectivity index (χ1v) is 9.81. The van der Waals surface area contributed by atoms with Crippen LogP contribution < -0.4 is 5.32 Å². The van der Waals surface area contributed by atoms with Gasteiger partial charge in [-0.05, 0) is 67.9 Å². The first-order valence-electron chi connectivity index (χ1n) is 9.81. The quantitative estimate of drug-likeness (QED) is 0.573. The molecule has 1 saturated heterocycles.